The molecule has 0 N–H and O–H groups in total. The minimum atomic E-state index is 0.206. The van der Waals surface area contributed by atoms with Crippen molar-refractivity contribution < 1.29 is 4.79 Å². The summed E-state index contributed by atoms with van der Waals surface area (Å²) in [6.07, 6.45) is 1.13. The van der Waals surface area contributed by atoms with Gasteiger partial charge in [-0.05, 0) is 26.9 Å². The van der Waals surface area contributed by atoms with Crippen molar-refractivity contribution in [2.75, 3.05) is 26.7 Å². The maximum absolute atomic E-state index is 11.2. The van der Waals surface area contributed by atoms with Crippen molar-refractivity contribution in [2.24, 2.45) is 0 Å². The highest BCUT2D eigenvalue weighted by Gasteiger charge is 2.25. The average molecular weight is 170 g/mol. The van der Waals surface area contributed by atoms with Gasteiger partial charge in [-0.25, -0.2) is 0 Å². The summed E-state index contributed by atoms with van der Waals surface area (Å²) in [5, 5.41) is 0. The van der Waals surface area contributed by atoms with Crippen molar-refractivity contribution in [1.82, 2.24) is 9.80 Å². The van der Waals surface area contributed by atoms with Gasteiger partial charge in [-0.15, -0.1) is 0 Å². The Morgan fingerprint density at radius 2 is 2.33 bits per heavy atom. The van der Waals surface area contributed by atoms with Gasteiger partial charge in [0.05, 0.1) is 0 Å². The van der Waals surface area contributed by atoms with Crippen LogP contribution in [0.5, 0.6) is 0 Å². The van der Waals surface area contributed by atoms with Gasteiger partial charge in [-0.2, -0.15) is 0 Å². The molecule has 1 aliphatic rings. The number of carbonyl (C=O) groups is 1. The van der Waals surface area contributed by atoms with Gasteiger partial charge in [0.2, 0.25) is 5.91 Å². The molecule has 12 heavy (non-hydrogen) atoms. The first-order chi connectivity index (χ1) is 5.65. The van der Waals surface area contributed by atoms with Crippen LogP contribution in [0.1, 0.15) is 20.3 Å². The summed E-state index contributed by atoms with van der Waals surface area (Å²) in [5.74, 6) is 0.206. The smallest absolute Gasteiger partial charge is 0.219 e. The van der Waals surface area contributed by atoms with Crippen molar-refractivity contribution in [1.29, 1.82) is 0 Å². The summed E-state index contributed by atoms with van der Waals surface area (Å²) in [6.45, 7) is 6.69. The molecule has 1 atom stereocenters. The molecule has 1 aliphatic heterocycles. The molecule has 0 aromatic heterocycles. The van der Waals surface area contributed by atoms with Crippen molar-refractivity contribution in [3.8, 4) is 0 Å². The van der Waals surface area contributed by atoms with Gasteiger partial charge in [0.15, 0.2) is 0 Å². The molecule has 0 unspecified atom stereocenters. The Morgan fingerprint density at radius 1 is 1.67 bits per heavy atom. The fourth-order valence-corrected chi connectivity index (χ4v) is 1.90. The lowest BCUT2D eigenvalue weighted by molar-refractivity contribution is -0.130. The van der Waals surface area contributed by atoms with Crippen LogP contribution in [0.3, 0.4) is 0 Å². The summed E-state index contributed by atoms with van der Waals surface area (Å²) in [5.41, 5.74) is 0. The Hall–Kier alpha value is -0.570. The number of amides is 1. The van der Waals surface area contributed by atoms with Gasteiger partial charge in [-0.3, -0.25) is 4.79 Å². The molecule has 0 spiro atoms. The van der Waals surface area contributed by atoms with Gasteiger partial charge >= 0.3 is 0 Å². The summed E-state index contributed by atoms with van der Waals surface area (Å²) in [7, 11) is 2.11. The van der Waals surface area contributed by atoms with E-state index < -0.39 is 0 Å². The first-order valence-electron chi connectivity index (χ1n) is 4.61. The molecule has 3 nitrogen and oxygen atoms in total. The van der Waals surface area contributed by atoms with E-state index in [1.165, 1.54) is 0 Å². The molecule has 1 amide bonds. The van der Waals surface area contributed by atoms with E-state index in [4.69, 9.17) is 0 Å². The second-order valence-corrected chi connectivity index (χ2v) is 3.51. The molecule has 0 aliphatic carbocycles. The zero-order chi connectivity index (χ0) is 9.14. The van der Waals surface area contributed by atoms with Crippen LogP contribution in [-0.4, -0.2) is 48.4 Å². The zero-order valence-corrected chi connectivity index (χ0v) is 8.21. The maximum atomic E-state index is 11.2. The highest BCUT2D eigenvalue weighted by atomic mass is 16.2. The zero-order valence-electron chi connectivity index (χ0n) is 8.21. The van der Waals surface area contributed by atoms with E-state index in [1.54, 1.807) is 6.92 Å². The van der Waals surface area contributed by atoms with Crippen LogP contribution in [-0.2, 0) is 4.79 Å². The van der Waals surface area contributed by atoms with Crippen LogP contribution in [0.15, 0.2) is 0 Å². The third-order valence-corrected chi connectivity index (χ3v) is 2.55. The molecule has 0 bridgehead atoms. The molecular formula is C9H18N2O. The molecule has 70 valence electrons. The lowest BCUT2D eigenvalue weighted by Crippen LogP contribution is -2.40. The number of hydrogen-bond donors (Lipinski definition) is 0. The fourth-order valence-electron chi connectivity index (χ4n) is 1.90. The number of rotatable bonds is 2. The van der Waals surface area contributed by atoms with E-state index in [-0.39, 0.29) is 5.91 Å². The molecule has 0 aromatic rings. The van der Waals surface area contributed by atoms with E-state index >= 15 is 0 Å². The van der Waals surface area contributed by atoms with E-state index in [9.17, 15) is 4.79 Å². The van der Waals surface area contributed by atoms with Gasteiger partial charge in [-0.1, -0.05) is 0 Å². The Kier molecular flexibility index (Phi) is 3.09. The van der Waals surface area contributed by atoms with Crippen molar-refractivity contribution in [3.05, 3.63) is 0 Å². The number of likely N-dealkylation sites (tertiary alicyclic amines) is 1. The first kappa shape index (κ1) is 9.52. The minimum Gasteiger partial charge on any atom is -0.339 e. The summed E-state index contributed by atoms with van der Waals surface area (Å²) in [6, 6.07) is 0.456. The molecular weight excluding hydrogens is 152 g/mol. The van der Waals surface area contributed by atoms with Crippen LogP contribution in [0.25, 0.3) is 0 Å². The Bertz CT molecular complexity index is 170. The first-order valence-corrected chi connectivity index (χ1v) is 4.61. The minimum absolute atomic E-state index is 0.206. The Balaban J connectivity index is 2.49. The number of likely N-dealkylation sites (N-methyl/N-ethyl adjacent to an activating group) is 2. The van der Waals surface area contributed by atoms with E-state index in [0.717, 1.165) is 26.1 Å². The Morgan fingerprint density at radius 3 is 2.67 bits per heavy atom. The van der Waals surface area contributed by atoms with E-state index in [2.05, 4.69) is 11.9 Å². The monoisotopic (exact) mass is 170 g/mol. The lowest BCUT2D eigenvalue weighted by atomic mass is 10.2. The summed E-state index contributed by atoms with van der Waals surface area (Å²) >= 11 is 0. The van der Waals surface area contributed by atoms with Crippen LogP contribution in [0, 0.1) is 0 Å². The number of carbonyl (C=O) groups excluding carboxylic acids is 1. The number of hydrogen-bond acceptors (Lipinski definition) is 2. The van der Waals surface area contributed by atoms with Crippen LogP contribution in [0.4, 0.5) is 0 Å². The molecule has 1 saturated heterocycles. The van der Waals surface area contributed by atoms with Gasteiger partial charge in [0.1, 0.15) is 0 Å². The molecule has 0 saturated carbocycles. The average Bonchev–Trinajstić information content (AvgIpc) is 2.37. The second-order valence-electron chi connectivity index (χ2n) is 3.51. The van der Waals surface area contributed by atoms with Crippen LogP contribution in [0.2, 0.25) is 0 Å². The predicted molar refractivity (Wildman–Crippen MR) is 49.0 cm³/mol. The van der Waals surface area contributed by atoms with Crippen LogP contribution < -0.4 is 0 Å². The highest BCUT2D eigenvalue weighted by Crippen LogP contribution is 2.13. The molecule has 3 heteroatoms. The van der Waals surface area contributed by atoms with E-state index in [1.807, 2.05) is 11.8 Å². The molecule has 0 aromatic carbocycles. The van der Waals surface area contributed by atoms with Crippen molar-refractivity contribution in [3.63, 3.8) is 0 Å². The lowest BCUT2D eigenvalue weighted by Gasteiger charge is -2.26. The summed E-state index contributed by atoms with van der Waals surface area (Å²) in [4.78, 5) is 15.4. The standard InChI is InChI=1S/C9H18N2O/c1-4-11(8(2)12)9-5-6-10(3)7-9/h9H,4-7H2,1-3H3/t9-/m0/s1. The Labute approximate surface area is 74.3 Å². The van der Waals surface area contributed by atoms with E-state index in [0.29, 0.717) is 6.04 Å². The van der Waals surface area contributed by atoms with Crippen molar-refractivity contribution >= 4 is 5.91 Å². The van der Waals surface area contributed by atoms with Gasteiger partial charge < -0.3 is 9.80 Å². The van der Waals surface area contributed by atoms with Crippen LogP contribution >= 0.6 is 0 Å². The third kappa shape index (κ3) is 1.97. The van der Waals surface area contributed by atoms with Gasteiger partial charge in [0, 0.05) is 26.1 Å². The normalized spacial score (nSPS) is 24.4. The van der Waals surface area contributed by atoms with Crippen molar-refractivity contribution in [2.45, 2.75) is 26.3 Å². The number of nitrogens with zero attached hydrogens (tertiary/aromatic N) is 2. The SMILES string of the molecule is CCN(C(C)=O)[C@H]1CCN(C)C1. The molecule has 1 fully saturated rings. The molecule has 1 rings (SSSR count). The molecule has 1 heterocycles. The second kappa shape index (κ2) is 3.90. The summed E-state index contributed by atoms with van der Waals surface area (Å²) < 4.78 is 0. The third-order valence-electron chi connectivity index (χ3n) is 2.55. The largest absolute Gasteiger partial charge is 0.339 e. The predicted octanol–water partition coefficient (Wildman–Crippen LogP) is 0.559. The van der Waals surface area contributed by atoms with Gasteiger partial charge in [0.25, 0.3) is 0 Å². The fraction of sp³-hybridized carbons (Fsp3) is 0.889. The topological polar surface area (TPSA) is 23.6 Å². The quantitative estimate of drug-likeness (QED) is 0.604. The molecule has 0 radical (unpaired) electrons. The highest BCUT2D eigenvalue weighted by molar-refractivity contribution is 5.73. The maximum Gasteiger partial charge on any atom is 0.219 e.